The fourth-order valence-electron chi connectivity index (χ4n) is 4.76. The standard InChI is InChI=1S/C16H18OS/c1-11-8-10-15-9-4-7-14(17)16(11,15)18-13-6-3-2-5-12(13)15/h2-3,5-6,11H,4,7-10H2,1H3/t11-,15-,16+/m0/s1. The SMILES string of the molecule is C[C@H]1CC[C@]23CCCC(=O)[C@]12Sc1ccccc13. The fourth-order valence-corrected chi connectivity index (χ4v) is 6.67. The Kier molecular flexibility index (Phi) is 2.10. The lowest BCUT2D eigenvalue weighted by Crippen LogP contribution is -2.53. The summed E-state index contributed by atoms with van der Waals surface area (Å²) in [5.41, 5.74) is 1.65. The highest BCUT2D eigenvalue weighted by molar-refractivity contribution is 8.02. The molecule has 2 aliphatic carbocycles. The third-order valence-electron chi connectivity index (χ3n) is 5.50. The van der Waals surface area contributed by atoms with Gasteiger partial charge in [-0.15, -0.1) is 11.8 Å². The van der Waals surface area contributed by atoms with Gasteiger partial charge in [-0.2, -0.15) is 0 Å². The van der Waals surface area contributed by atoms with Gasteiger partial charge in [0.25, 0.3) is 0 Å². The molecule has 2 heteroatoms. The predicted molar refractivity (Wildman–Crippen MR) is 74.0 cm³/mol. The van der Waals surface area contributed by atoms with Crippen LogP contribution in [-0.4, -0.2) is 10.5 Å². The number of hydrogen-bond acceptors (Lipinski definition) is 2. The van der Waals surface area contributed by atoms with Gasteiger partial charge in [0.15, 0.2) is 0 Å². The van der Waals surface area contributed by atoms with Gasteiger partial charge in [-0.25, -0.2) is 0 Å². The molecule has 1 aromatic carbocycles. The van der Waals surface area contributed by atoms with Gasteiger partial charge in [0, 0.05) is 16.7 Å². The van der Waals surface area contributed by atoms with Crippen LogP contribution in [0.1, 0.15) is 44.6 Å². The molecule has 1 heterocycles. The van der Waals surface area contributed by atoms with Crippen molar-refractivity contribution in [3.63, 3.8) is 0 Å². The van der Waals surface area contributed by atoms with Crippen LogP contribution in [0, 0.1) is 5.92 Å². The first-order valence-electron chi connectivity index (χ1n) is 7.02. The number of thioether (sulfide) groups is 1. The Morgan fingerprint density at radius 1 is 1.28 bits per heavy atom. The molecular formula is C16H18OS. The minimum atomic E-state index is -0.116. The molecule has 2 fully saturated rings. The first kappa shape index (κ1) is 11.1. The Morgan fingerprint density at radius 3 is 3.00 bits per heavy atom. The molecular weight excluding hydrogens is 240 g/mol. The maximum absolute atomic E-state index is 12.7. The topological polar surface area (TPSA) is 17.1 Å². The van der Waals surface area contributed by atoms with E-state index in [2.05, 4.69) is 31.2 Å². The molecule has 0 radical (unpaired) electrons. The molecule has 18 heavy (non-hydrogen) atoms. The molecule has 0 unspecified atom stereocenters. The number of benzene rings is 1. The van der Waals surface area contributed by atoms with Gasteiger partial charge in [0.1, 0.15) is 5.78 Å². The number of carbonyl (C=O) groups is 1. The van der Waals surface area contributed by atoms with E-state index in [1.54, 1.807) is 0 Å². The van der Waals surface area contributed by atoms with E-state index in [1.807, 2.05) is 11.8 Å². The van der Waals surface area contributed by atoms with E-state index < -0.39 is 0 Å². The average Bonchev–Trinajstić information content (AvgIpc) is 2.84. The van der Waals surface area contributed by atoms with E-state index >= 15 is 0 Å². The maximum Gasteiger partial charge on any atom is 0.150 e. The Labute approximate surface area is 112 Å². The lowest BCUT2D eigenvalue weighted by molar-refractivity contribution is -0.125. The summed E-state index contributed by atoms with van der Waals surface area (Å²) < 4.78 is -0.116. The summed E-state index contributed by atoms with van der Waals surface area (Å²) in [5, 5.41) is 0. The zero-order valence-electron chi connectivity index (χ0n) is 10.7. The minimum absolute atomic E-state index is 0.116. The normalized spacial score (nSPS) is 41.4. The van der Waals surface area contributed by atoms with Crippen molar-refractivity contribution in [3.8, 4) is 0 Å². The van der Waals surface area contributed by atoms with Crippen molar-refractivity contribution < 1.29 is 4.79 Å². The van der Waals surface area contributed by atoms with Gasteiger partial charge in [0.2, 0.25) is 0 Å². The van der Waals surface area contributed by atoms with Crippen LogP contribution >= 0.6 is 11.8 Å². The summed E-state index contributed by atoms with van der Waals surface area (Å²) in [6.45, 7) is 2.30. The van der Waals surface area contributed by atoms with Gasteiger partial charge >= 0.3 is 0 Å². The molecule has 1 aromatic rings. The summed E-state index contributed by atoms with van der Waals surface area (Å²) in [4.78, 5) is 14.1. The van der Waals surface area contributed by atoms with Crippen molar-refractivity contribution in [1.29, 1.82) is 0 Å². The second-order valence-electron chi connectivity index (χ2n) is 6.13. The van der Waals surface area contributed by atoms with E-state index in [0.717, 1.165) is 12.8 Å². The summed E-state index contributed by atoms with van der Waals surface area (Å²) in [7, 11) is 0. The smallest absolute Gasteiger partial charge is 0.150 e. The molecule has 0 N–H and O–H groups in total. The molecule has 0 saturated heterocycles. The van der Waals surface area contributed by atoms with Gasteiger partial charge in [-0.1, -0.05) is 25.1 Å². The summed E-state index contributed by atoms with van der Waals surface area (Å²) in [6, 6.07) is 8.75. The van der Waals surface area contributed by atoms with Crippen molar-refractivity contribution in [2.75, 3.05) is 0 Å². The van der Waals surface area contributed by atoms with Gasteiger partial charge < -0.3 is 0 Å². The number of ketones is 1. The van der Waals surface area contributed by atoms with E-state index in [4.69, 9.17) is 0 Å². The Hall–Kier alpha value is -0.760. The van der Waals surface area contributed by atoms with Crippen molar-refractivity contribution >= 4 is 17.5 Å². The lowest BCUT2D eigenvalue weighted by Gasteiger charge is -2.45. The van der Waals surface area contributed by atoms with Crippen LogP contribution in [-0.2, 0) is 10.2 Å². The van der Waals surface area contributed by atoms with Crippen molar-refractivity contribution in [1.82, 2.24) is 0 Å². The molecule has 4 rings (SSSR count). The maximum atomic E-state index is 12.7. The lowest BCUT2D eigenvalue weighted by atomic mass is 9.62. The highest BCUT2D eigenvalue weighted by Gasteiger charge is 2.68. The number of hydrogen-bond donors (Lipinski definition) is 0. The zero-order valence-corrected chi connectivity index (χ0v) is 11.6. The van der Waals surface area contributed by atoms with Crippen LogP contribution in [0.4, 0.5) is 0 Å². The molecule has 1 nitrogen and oxygen atoms in total. The number of fused-ring (bicyclic) bond motifs is 1. The number of rotatable bonds is 0. The minimum Gasteiger partial charge on any atom is -0.298 e. The molecule has 3 atom stereocenters. The molecule has 0 spiro atoms. The third-order valence-corrected chi connectivity index (χ3v) is 7.42. The van der Waals surface area contributed by atoms with Crippen molar-refractivity contribution in [3.05, 3.63) is 29.8 Å². The van der Waals surface area contributed by atoms with Gasteiger partial charge in [-0.3, -0.25) is 4.79 Å². The Morgan fingerprint density at radius 2 is 2.11 bits per heavy atom. The molecule has 2 saturated carbocycles. The molecule has 1 aliphatic heterocycles. The van der Waals surface area contributed by atoms with Gasteiger partial charge in [0.05, 0.1) is 4.75 Å². The van der Waals surface area contributed by atoms with Crippen molar-refractivity contribution in [2.45, 2.75) is 54.1 Å². The summed E-state index contributed by atoms with van der Waals surface area (Å²) in [6.07, 6.45) is 5.53. The van der Waals surface area contributed by atoms with Crippen LogP contribution in [0.25, 0.3) is 0 Å². The first-order valence-corrected chi connectivity index (χ1v) is 7.84. The van der Waals surface area contributed by atoms with Crippen molar-refractivity contribution in [2.24, 2.45) is 5.92 Å². The Bertz CT molecular complexity index is 534. The molecule has 94 valence electrons. The highest BCUT2D eigenvalue weighted by Crippen LogP contribution is 2.70. The van der Waals surface area contributed by atoms with Crippen LogP contribution in [0.5, 0.6) is 0 Å². The molecule has 0 aromatic heterocycles. The van der Waals surface area contributed by atoms with E-state index in [0.29, 0.717) is 11.7 Å². The van der Waals surface area contributed by atoms with Crippen LogP contribution in [0.2, 0.25) is 0 Å². The second kappa shape index (κ2) is 3.41. The molecule has 0 bridgehead atoms. The molecule has 3 aliphatic rings. The van der Waals surface area contributed by atoms with Crippen LogP contribution in [0.3, 0.4) is 0 Å². The van der Waals surface area contributed by atoms with Gasteiger partial charge in [-0.05, 0) is 43.2 Å². The van der Waals surface area contributed by atoms with Crippen LogP contribution in [0.15, 0.2) is 29.2 Å². The van der Waals surface area contributed by atoms with E-state index in [9.17, 15) is 4.79 Å². The third kappa shape index (κ3) is 1.01. The summed E-state index contributed by atoms with van der Waals surface area (Å²) >= 11 is 1.90. The number of Topliss-reactive ketones (excluding diaryl/α,β-unsaturated/α-hetero) is 1. The van der Waals surface area contributed by atoms with E-state index in [-0.39, 0.29) is 10.2 Å². The Balaban J connectivity index is 2.01. The molecule has 0 amide bonds. The summed E-state index contributed by atoms with van der Waals surface area (Å²) in [5.74, 6) is 1.06. The highest BCUT2D eigenvalue weighted by atomic mass is 32.2. The fraction of sp³-hybridized carbons (Fsp3) is 0.562. The average molecular weight is 258 g/mol. The largest absolute Gasteiger partial charge is 0.298 e. The monoisotopic (exact) mass is 258 g/mol. The quantitative estimate of drug-likeness (QED) is 0.701. The second-order valence-corrected chi connectivity index (χ2v) is 7.42. The van der Waals surface area contributed by atoms with E-state index in [1.165, 1.54) is 29.7 Å². The first-order chi connectivity index (χ1) is 8.71. The van der Waals surface area contributed by atoms with Crippen LogP contribution < -0.4 is 0 Å². The zero-order chi connectivity index (χ0) is 12.4. The predicted octanol–water partition coefficient (Wildman–Crippen LogP) is 3.95. The number of carbonyl (C=O) groups excluding carboxylic acids is 1.